The lowest BCUT2D eigenvalue weighted by Gasteiger charge is -2.12. The summed E-state index contributed by atoms with van der Waals surface area (Å²) < 4.78 is 25.4. The number of benzene rings is 2. The molecule has 0 aliphatic carbocycles. The fraction of sp³-hybridized carbons (Fsp3) is 0.481. The van der Waals surface area contributed by atoms with Gasteiger partial charge in [-0.05, 0) is 48.2 Å². The number of aliphatic hydroxyl groups is 1. The van der Waals surface area contributed by atoms with Crippen molar-refractivity contribution < 1.29 is 13.5 Å². The largest absolute Gasteiger partial charge is 0.378 e. The maximum absolute atomic E-state index is 12.7. The number of hydrogen-bond acceptors (Lipinski definition) is 4. The monoisotopic (exact) mass is 457 g/mol. The Bertz CT molecular complexity index is 916. The first-order valence-corrected chi connectivity index (χ1v) is 13.4. The molecule has 0 amide bonds. The van der Waals surface area contributed by atoms with E-state index in [1.807, 2.05) is 38.4 Å². The highest BCUT2D eigenvalue weighted by molar-refractivity contribution is 7.91. The van der Waals surface area contributed by atoms with Crippen LogP contribution in [0.4, 0.5) is 5.69 Å². The Morgan fingerprint density at radius 1 is 0.781 bits per heavy atom. The van der Waals surface area contributed by atoms with Gasteiger partial charge in [-0.25, -0.2) is 8.42 Å². The van der Waals surface area contributed by atoms with Crippen LogP contribution >= 0.6 is 0 Å². The second-order valence-electron chi connectivity index (χ2n) is 8.65. The predicted molar refractivity (Wildman–Crippen MR) is 137 cm³/mol. The molecule has 0 aliphatic rings. The van der Waals surface area contributed by atoms with Gasteiger partial charge in [0.15, 0.2) is 5.44 Å². The lowest BCUT2D eigenvalue weighted by atomic mass is 10.1. The molecule has 2 aromatic rings. The molecule has 1 atom stereocenters. The third-order valence-corrected chi connectivity index (χ3v) is 7.63. The van der Waals surface area contributed by atoms with Crippen LogP contribution in [0.1, 0.15) is 75.8 Å². The van der Waals surface area contributed by atoms with Gasteiger partial charge >= 0.3 is 0 Å². The van der Waals surface area contributed by atoms with Crippen molar-refractivity contribution >= 4 is 27.7 Å². The zero-order valence-electron chi connectivity index (χ0n) is 19.8. The Labute approximate surface area is 194 Å². The van der Waals surface area contributed by atoms with E-state index >= 15 is 0 Å². The van der Waals surface area contributed by atoms with E-state index in [9.17, 15) is 13.5 Å². The average Bonchev–Trinajstić information content (AvgIpc) is 2.79. The number of anilines is 1. The number of aliphatic hydroxyl groups excluding tert-OH is 1. The Hall–Kier alpha value is -2.11. The molecule has 2 aromatic carbocycles. The third-order valence-electron chi connectivity index (χ3n) is 5.75. The average molecular weight is 458 g/mol. The summed E-state index contributed by atoms with van der Waals surface area (Å²) in [6.45, 7) is 2.21. The molecule has 0 bridgehead atoms. The van der Waals surface area contributed by atoms with E-state index in [0.717, 1.165) is 36.1 Å². The van der Waals surface area contributed by atoms with Gasteiger partial charge in [0.2, 0.25) is 9.84 Å². The molecule has 32 heavy (non-hydrogen) atoms. The van der Waals surface area contributed by atoms with Crippen LogP contribution < -0.4 is 4.90 Å². The van der Waals surface area contributed by atoms with Gasteiger partial charge in [-0.3, -0.25) is 0 Å². The molecule has 5 heteroatoms. The number of nitrogens with zero attached hydrogens (tertiary/aromatic N) is 1. The molecular formula is C27H39NO3S. The molecule has 0 aromatic heterocycles. The zero-order chi connectivity index (χ0) is 23.4. The Morgan fingerprint density at radius 3 is 1.75 bits per heavy atom. The normalized spacial score (nSPS) is 12.9. The van der Waals surface area contributed by atoms with Crippen molar-refractivity contribution in [1.82, 2.24) is 0 Å². The second kappa shape index (κ2) is 13.4. The lowest BCUT2D eigenvalue weighted by Crippen LogP contribution is -2.20. The Kier molecular flexibility index (Phi) is 11.0. The minimum absolute atomic E-state index is 0.178. The summed E-state index contributed by atoms with van der Waals surface area (Å²) in [5.41, 5.74) is 1.80. The van der Waals surface area contributed by atoms with Gasteiger partial charge in [0.1, 0.15) is 0 Å². The van der Waals surface area contributed by atoms with Crippen LogP contribution in [0.15, 0.2) is 53.4 Å². The lowest BCUT2D eigenvalue weighted by molar-refractivity contribution is 0.233. The summed E-state index contributed by atoms with van der Waals surface area (Å²) in [5.74, 6) is 0. The molecule has 0 saturated carbocycles. The Morgan fingerprint density at radius 2 is 1.25 bits per heavy atom. The first-order chi connectivity index (χ1) is 15.3. The topological polar surface area (TPSA) is 57.6 Å². The van der Waals surface area contributed by atoms with Crippen LogP contribution in [0.3, 0.4) is 0 Å². The van der Waals surface area contributed by atoms with Crippen molar-refractivity contribution in [2.24, 2.45) is 0 Å². The highest BCUT2D eigenvalue weighted by atomic mass is 32.2. The summed E-state index contributed by atoms with van der Waals surface area (Å²) in [6, 6.07) is 14.9. The first-order valence-electron chi connectivity index (χ1n) is 11.8. The fourth-order valence-corrected chi connectivity index (χ4v) is 4.92. The first kappa shape index (κ1) is 26.1. The number of rotatable bonds is 14. The van der Waals surface area contributed by atoms with E-state index < -0.39 is 15.3 Å². The highest BCUT2D eigenvalue weighted by Crippen LogP contribution is 2.21. The van der Waals surface area contributed by atoms with Gasteiger partial charge in [0.05, 0.1) is 4.90 Å². The van der Waals surface area contributed by atoms with Crippen molar-refractivity contribution in [3.8, 4) is 0 Å². The molecule has 0 saturated heterocycles. The predicted octanol–water partition coefficient (Wildman–Crippen LogP) is 6.55. The van der Waals surface area contributed by atoms with Crippen LogP contribution in [-0.2, 0) is 9.84 Å². The third kappa shape index (κ3) is 8.44. The molecule has 0 aliphatic heterocycles. The van der Waals surface area contributed by atoms with Crippen molar-refractivity contribution in [2.45, 2.75) is 75.0 Å². The summed E-state index contributed by atoms with van der Waals surface area (Å²) in [7, 11) is 0.300. The molecule has 2 rings (SSSR count). The van der Waals surface area contributed by atoms with E-state index in [-0.39, 0.29) is 4.90 Å². The van der Waals surface area contributed by atoms with Gasteiger partial charge in [-0.2, -0.15) is 0 Å². The van der Waals surface area contributed by atoms with Crippen LogP contribution in [-0.4, -0.2) is 33.1 Å². The summed E-state index contributed by atoms with van der Waals surface area (Å²) in [5, 5.41) is 10.3. The number of sulfone groups is 1. The van der Waals surface area contributed by atoms with Crippen LogP contribution in [0.5, 0.6) is 0 Å². The molecule has 1 unspecified atom stereocenters. The van der Waals surface area contributed by atoms with Gasteiger partial charge in [-0.15, -0.1) is 0 Å². The molecule has 0 radical (unpaired) electrons. The quantitative estimate of drug-likeness (QED) is 0.258. The van der Waals surface area contributed by atoms with Crippen molar-refractivity contribution in [2.75, 3.05) is 19.0 Å². The minimum Gasteiger partial charge on any atom is -0.378 e. The van der Waals surface area contributed by atoms with Crippen LogP contribution in [0.2, 0.25) is 0 Å². The van der Waals surface area contributed by atoms with Crippen molar-refractivity contribution in [3.05, 3.63) is 59.7 Å². The van der Waals surface area contributed by atoms with Crippen molar-refractivity contribution in [3.63, 3.8) is 0 Å². The molecular weight excluding hydrogens is 418 g/mol. The van der Waals surface area contributed by atoms with Gasteiger partial charge in [-0.1, -0.05) is 88.3 Å². The van der Waals surface area contributed by atoms with Crippen molar-refractivity contribution in [1.29, 1.82) is 0 Å². The SMILES string of the molecule is CCCCCCCCCCC(O)S(=O)(=O)c1ccc(C=Cc2ccc(N(C)C)cc2)cc1. The molecule has 0 spiro atoms. The van der Waals surface area contributed by atoms with Gasteiger partial charge in [0, 0.05) is 19.8 Å². The Balaban J connectivity index is 1.84. The van der Waals surface area contributed by atoms with E-state index in [1.54, 1.807) is 24.3 Å². The molecule has 1 N–H and O–H groups in total. The highest BCUT2D eigenvalue weighted by Gasteiger charge is 2.24. The van der Waals surface area contributed by atoms with Gasteiger partial charge < -0.3 is 10.0 Å². The maximum Gasteiger partial charge on any atom is 0.204 e. The molecule has 0 heterocycles. The molecule has 4 nitrogen and oxygen atoms in total. The number of unbranched alkanes of at least 4 members (excludes halogenated alkanes) is 7. The summed E-state index contributed by atoms with van der Waals surface area (Å²) >= 11 is 0. The van der Waals surface area contributed by atoms with E-state index in [4.69, 9.17) is 0 Å². The van der Waals surface area contributed by atoms with Crippen LogP contribution in [0.25, 0.3) is 12.2 Å². The zero-order valence-corrected chi connectivity index (χ0v) is 20.7. The minimum atomic E-state index is -3.71. The standard InChI is InChI=1S/C27H39NO3S/c1-4-5-6-7-8-9-10-11-12-27(29)32(30,31)26-21-17-24(18-22-26)14-13-23-15-19-25(20-16-23)28(2)3/h13-22,27,29H,4-12H2,1-3H3. The second-order valence-corrected chi connectivity index (χ2v) is 10.8. The number of hydrogen-bond donors (Lipinski definition) is 1. The maximum atomic E-state index is 12.7. The summed E-state index contributed by atoms with van der Waals surface area (Å²) in [6.07, 6.45) is 13.3. The smallest absolute Gasteiger partial charge is 0.204 e. The van der Waals surface area contributed by atoms with E-state index in [2.05, 4.69) is 24.0 Å². The summed E-state index contributed by atoms with van der Waals surface area (Å²) in [4.78, 5) is 2.23. The fourth-order valence-electron chi connectivity index (χ4n) is 3.61. The molecule has 176 valence electrons. The van der Waals surface area contributed by atoms with E-state index in [1.165, 1.54) is 32.1 Å². The van der Waals surface area contributed by atoms with Gasteiger partial charge in [0.25, 0.3) is 0 Å². The van der Waals surface area contributed by atoms with E-state index in [0.29, 0.717) is 6.42 Å². The van der Waals surface area contributed by atoms with Crippen LogP contribution in [0, 0.1) is 0 Å². The molecule has 0 fully saturated rings.